The molecular formula is C14H23NO3S. The van der Waals surface area contributed by atoms with Crippen molar-refractivity contribution in [2.24, 2.45) is 0 Å². The molecule has 1 rings (SSSR count). The van der Waals surface area contributed by atoms with E-state index in [2.05, 4.69) is 12.2 Å². The number of benzene rings is 1. The predicted molar refractivity (Wildman–Crippen MR) is 79.2 cm³/mol. The number of ether oxygens (including phenoxy) is 2. The maximum absolute atomic E-state index is 12.0. The summed E-state index contributed by atoms with van der Waals surface area (Å²) in [5.74, 6) is 2.01. The molecule has 108 valence electrons. The van der Waals surface area contributed by atoms with Crippen molar-refractivity contribution in [3.63, 3.8) is 0 Å². The van der Waals surface area contributed by atoms with Crippen molar-refractivity contribution in [1.29, 1.82) is 0 Å². The van der Waals surface area contributed by atoms with Crippen LogP contribution in [0.15, 0.2) is 24.3 Å². The van der Waals surface area contributed by atoms with E-state index < -0.39 is 10.8 Å². The zero-order valence-electron chi connectivity index (χ0n) is 11.8. The summed E-state index contributed by atoms with van der Waals surface area (Å²) in [5.41, 5.74) is 1.13. The van der Waals surface area contributed by atoms with Crippen molar-refractivity contribution in [3.05, 3.63) is 29.8 Å². The summed E-state index contributed by atoms with van der Waals surface area (Å²) < 4.78 is 22.1. The molecule has 0 aliphatic rings. The van der Waals surface area contributed by atoms with Gasteiger partial charge < -0.3 is 14.8 Å². The highest BCUT2D eigenvalue weighted by atomic mass is 32.2. The Morgan fingerprint density at radius 2 is 1.95 bits per heavy atom. The third kappa shape index (κ3) is 5.72. The molecule has 0 saturated carbocycles. The van der Waals surface area contributed by atoms with Crippen LogP contribution in [0.3, 0.4) is 0 Å². The Hall–Kier alpha value is -0.910. The minimum atomic E-state index is -0.878. The van der Waals surface area contributed by atoms with Crippen LogP contribution in [-0.4, -0.2) is 43.1 Å². The van der Waals surface area contributed by atoms with Gasteiger partial charge in [-0.05, 0) is 24.2 Å². The van der Waals surface area contributed by atoms with Gasteiger partial charge in [-0.2, -0.15) is 0 Å². The van der Waals surface area contributed by atoms with Gasteiger partial charge in [0.05, 0.1) is 13.7 Å². The summed E-state index contributed by atoms with van der Waals surface area (Å²) in [4.78, 5) is 0. The van der Waals surface area contributed by atoms with Crippen molar-refractivity contribution in [2.45, 2.75) is 13.0 Å². The molecule has 2 atom stereocenters. The Kier molecular flexibility index (Phi) is 7.70. The Labute approximate surface area is 118 Å². The SMILES string of the molecule is CCNC(CS(=O)CCOC)c1ccc(OC)cc1. The summed E-state index contributed by atoms with van der Waals surface area (Å²) >= 11 is 0. The topological polar surface area (TPSA) is 47.6 Å². The fraction of sp³-hybridized carbons (Fsp3) is 0.571. The minimum absolute atomic E-state index is 0.105. The van der Waals surface area contributed by atoms with Gasteiger partial charge in [-0.15, -0.1) is 0 Å². The first kappa shape index (κ1) is 16.1. The van der Waals surface area contributed by atoms with Crippen LogP contribution in [0, 0.1) is 0 Å². The highest BCUT2D eigenvalue weighted by molar-refractivity contribution is 7.85. The molecule has 0 aliphatic carbocycles. The molecule has 2 unspecified atom stereocenters. The van der Waals surface area contributed by atoms with E-state index in [1.165, 1.54) is 0 Å². The molecule has 0 saturated heterocycles. The second-order valence-corrected chi connectivity index (χ2v) is 5.81. The summed E-state index contributed by atoms with van der Waals surface area (Å²) in [6.45, 7) is 3.43. The summed E-state index contributed by atoms with van der Waals surface area (Å²) in [6.07, 6.45) is 0. The van der Waals surface area contributed by atoms with Gasteiger partial charge in [-0.3, -0.25) is 4.21 Å². The smallest absolute Gasteiger partial charge is 0.118 e. The van der Waals surface area contributed by atoms with Crippen molar-refractivity contribution in [3.8, 4) is 5.75 Å². The van der Waals surface area contributed by atoms with Gasteiger partial charge in [0.2, 0.25) is 0 Å². The molecule has 4 nitrogen and oxygen atoms in total. The molecule has 0 aromatic heterocycles. The van der Waals surface area contributed by atoms with Crippen molar-refractivity contribution >= 4 is 10.8 Å². The molecule has 5 heteroatoms. The van der Waals surface area contributed by atoms with Crippen LogP contribution in [0.5, 0.6) is 5.75 Å². The number of hydrogen-bond acceptors (Lipinski definition) is 4. The largest absolute Gasteiger partial charge is 0.497 e. The average molecular weight is 285 g/mol. The highest BCUT2D eigenvalue weighted by Gasteiger charge is 2.14. The number of methoxy groups -OCH3 is 2. The molecule has 0 aliphatic heterocycles. The van der Waals surface area contributed by atoms with E-state index in [0.29, 0.717) is 18.1 Å². The molecule has 1 aromatic rings. The molecule has 0 spiro atoms. The second-order valence-electron chi connectivity index (χ2n) is 4.19. The van der Waals surface area contributed by atoms with Crippen LogP contribution in [0.4, 0.5) is 0 Å². The Balaban J connectivity index is 2.67. The predicted octanol–water partition coefficient (Wildman–Crippen LogP) is 1.74. The van der Waals surface area contributed by atoms with E-state index in [1.54, 1.807) is 14.2 Å². The van der Waals surface area contributed by atoms with E-state index in [0.717, 1.165) is 17.9 Å². The molecular weight excluding hydrogens is 262 g/mol. The Morgan fingerprint density at radius 1 is 1.26 bits per heavy atom. The van der Waals surface area contributed by atoms with E-state index in [4.69, 9.17) is 9.47 Å². The fourth-order valence-corrected chi connectivity index (χ4v) is 3.00. The van der Waals surface area contributed by atoms with Gasteiger partial charge in [-0.25, -0.2) is 0 Å². The molecule has 1 aromatic carbocycles. The molecule has 1 N–H and O–H groups in total. The summed E-state index contributed by atoms with van der Waals surface area (Å²) in [5, 5.41) is 3.37. The van der Waals surface area contributed by atoms with E-state index in [1.807, 2.05) is 24.3 Å². The normalized spacial score (nSPS) is 14.1. The lowest BCUT2D eigenvalue weighted by molar-refractivity contribution is 0.218. The molecule has 0 bridgehead atoms. The fourth-order valence-electron chi connectivity index (χ4n) is 1.80. The van der Waals surface area contributed by atoms with Crippen LogP contribution < -0.4 is 10.1 Å². The quantitative estimate of drug-likeness (QED) is 0.751. The molecule has 0 heterocycles. The molecule has 0 fully saturated rings. The van der Waals surface area contributed by atoms with Crippen molar-refractivity contribution in [2.75, 3.05) is 38.9 Å². The van der Waals surface area contributed by atoms with Gasteiger partial charge >= 0.3 is 0 Å². The van der Waals surface area contributed by atoms with Gasteiger partial charge in [0.25, 0.3) is 0 Å². The second kappa shape index (κ2) is 9.07. The van der Waals surface area contributed by atoms with E-state index in [9.17, 15) is 4.21 Å². The van der Waals surface area contributed by atoms with Crippen LogP contribution in [0.2, 0.25) is 0 Å². The first-order valence-corrected chi connectivity index (χ1v) is 7.91. The Bertz CT molecular complexity index is 381. The lowest BCUT2D eigenvalue weighted by Crippen LogP contribution is -2.27. The number of nitrogens with one attached hydrogen (secondary N) is 1. The first-order chi connectivity index (χ1) is 9.21. The zero-order valence-corrected chi connectivity index (χ0v) is 12.7. The third-order valence-corrected chi connectivity index (χ3v) is 4.16. The summed E-state index contributed by atoms with van der Waals surface area (Å²) in [7, 11) is 2.40. The summed E-state index contributed by atoms with van der Waals surface area (Å²) in [6, 6.07) is 7.99. The monoisotopic (exact) mass is 285 g/mol. The van der Waals surface area contributed by atoms with Crippen molar-refractivity contribution < 1.29 is 13.7 Å². The van der Waals surface area contributed by atoms with Gasteiger partial charge in [0.15, 0.2) is 0 Å². The van der Waals surface area contributed by atoms with E-state index in [-0.39, 0.29) is 6.04 Å². The maximum Gasteiger partial charge on any atom is 0.118 e. The maximum atomic E-state index is 12.0. The standard InChI is InChI=1S/C14H23NO3S/c1-4-15-14(11-19(16)10-9-17-2)12-5-7-13(18-3)8-6-12/h5-8,14-15H,4,9-11H2,1-3H3. The van der Waals surface area contributed by atoms with Gasteiger partial charge in [0, 0.05) is 35.5 Å². The lowest BCUT2D eigenvalue weighted by atomic mass is 10.1. The van der Waals surface area contributed by atoms with Gasteiger partial charge in [-0.1, -0.05) is 19.1 Å². The number of rotatable bonds is 9. The van der Waals surface area contributed by atoms with E-state index >= 15 is 0 Å². The Morgan fingerprint density at radius 3 is 2.47 bits per heavy atom. The van der Waals surface area contributed by atoms with Crippen LogP contribution in [0.1, 0.15) is 18.5 Å². The highest BCUT2D eigenvalue weighted by Crippen LogP contribution is 2.18. The first-order valence-electron chi connectivity index (χ1n) is 6.42. The number of hydrogen-bond donors (Lipinski definition) is 1. The van der Waals surface area contributed by atoms with Crippen LogP contribution in [0.25, 0.3) is 0 Å². The molecule has 19 heavy (non-hydrogen) atoms. The van der Waals surface area contributed by atoms with Crippen LogP contribution in [-0.2, 0) is 15.5 Å². The zero-order chi connectivity index (χ0) is 14.1. The van der Waals surface area contributed by atoms with Crippen LogP contribution >= 0.6 is 0 Å². The average Bonchev–Trinajstić information content (AvgIpc) is 2.45. The minimum Gasteiger partial charge on any atom is -0.497 e. The van der Waals surface area contributed by atoms with Gasteiger partial charge in [0.1, 0.15) is 5.75 Å². The van der Waals surface area contributed by atoms with Crippen molar-refractivity contribution in [1.82, 2.24) is 5.32 Å². The molecule has 0 radical (unpaired) electrons. The lowest BCUT2D eigenvalue weighted by Gasteiger charge is -2.18. The third-order valence-electron chi connectivity index (χ3n) is 2.84. The molecule has 0 amide bonds.